The predicted molar refractivity (Wildman–Crippen MR) is 71.3 cm³/mol. The summed E-state index contributed by atoms with van der Waals surface area (Å²) < 4.78 is 0. The third-order valence-corrected chi connectivity index (χ3v) is 4.50. The zero-order valence-electron chi connectivity index (χ0n) is 11.5. The van der Waals surface area contributed by atoms with E-state index in [0.717, 1.165) is 11.4 Å². The van der Waals surface area contributed by atoms with Gasteiger partial charge < -0.3 is 10.6 Å². The maximum Gasteiger partial charge on any atom is 0.224 e. The van der Waals surface area contributed by atoms with Crippen molar-refractivity contribution < 1.29 is 0 Å². The van der Waals surface area contributed by atoms with Crippen molar-refractivity contribution in [2.45, 2.75) is 40.7 Å². The summed E-state index contributed by atoms with van der Waals surface area (Å²) in [5, 5.41) is 6.52. The SMILES string of the molecule is CNc1ncc(C)c(NC2C(C)(C)C2(C)C)n1. The molecule has 0 aromatic carbocycles. The van der Waals surface area contributed by atoms with E-state index in [0.29, 0.717) is 22.8 Å². The predicted octanol–water partition coefficient (Wildman–Crippen LogP) is 2.67. The van der Waals surface area contributed by atoms with Crippen LogP contribution < -0.4 is 10.6 Å². The first kappa shape index (κ1) is 12.1. The second-order valence-corrected chi connectivity index (χ2v) is 6.00. The number of nitrogens with zero attached hydrogens (tertiary/aromatic N) is 2. The summed E-state index contributed by atoms with van der Waals surface area (Å²) in [6.45, 7) is 11.2. The zero-order chi connectivity index (χ0) is 12.8. The highest BCUT2D eigenvalue weighted by molar-refractivity contribution is 5.50. The number of hydrogen-bond acceptors (Lipinski definition) is 4. The van der Waals surface area contributed by atoms with E-state index in [2.05, 4.69) is 48.3 Å². The van der Waals surface area contributed by atoms with Crippen LogP contribution in [0, 0.1) is 17.8 Å². The summed E-state index contributed by atoms with van der Waals surface area (Å²) in [6.07, 6.45) is 1.85. The summed E-state index contributed by atoms with van der Waals surface area (Å²) in [7, 11) is 1.83. The van der Waals surface area contributed by atoms with Crippen molar-refractivity contribution in [3.8, 4) is 0 Å². The molecule has 0 bridgehead atoms. The highest BCUT2D eigenvalue weighted by Crippen LogP contribution is 2.63. The van der Waals surface area contributed by atoms with Gasteiger partial charge in [0.15, 0.2) is 0 Å². The Bertz CT molecular complexity index is 423. The van der Waals surface area contributed by atoms with E-state index in [1.807, 2.05) is 20.2 Å². The highest BCUT2D eigenvalue weighted by Gasteiger charge is 2.65. The normalized spacial score (nSPS) is 21.1. The monoisotopic (exact) mass is 234 g/mol. The van der Waals surface area contributed by atoms with Crippen molar-refractivity contribution in [2.24, 2.45) is 10.8 Å². The van der Waals surface area contributed by atoms with E-state index in [4.69, 9.17) is 0 Å². The van der Waals surface area contributed by atoms with E-state index in [1.54, 1.807) is 0 Å². The minimum absolute atomic E-state index is 0.310. The van der Waals surface area contributed by atoms with Gasteiger partial charge in [-0.25, -0.2) is 4.98 Å². The van der Waals surface area contributed by atoms with Gasteiger partial charge in [0, 0.05) is 24.8 Å². The third-order valence-electron chi connectivity index (χ3n) is 4.50. The second kappa shape index (κ2) is 3.59. The van der Waals surface area contributed by atoms with Crippen LogP contribution in [0.15, 0.2) is 6.20 Å². The van der Waals surface area contributed by atoms with E-state index >= 15 is 0 Å². The fourth-order valence-corrected chi connectivity index (χ4v) is 2.40. The largest absolute Gasteiger partial charge is 0.366 e. The van der Waals surface area contributed by atoms with Crippen molar-refractivity contribution in [1.82, 2.24) is 9.97 Å². The fraction of sp³-hybridized carbons (Fsp3) is 0.692. The lowest BCUT2D eigenvalue weighted by Gasteiger charge is -2.11. The molecule has 2 rings (SSSR count). The van der Waals surface area contributed by atoms with Crippen LogP contribution >= 0.6 is 0 Å². The van der Waals surface area contributed by atoms with Gasteiger partial charge in [0.2, 0.25) is 5.95 Å². The van der Waals surface area contributed by atoms with Gasteiger partial charge in [-0.2, -0.15) is 4.98 Å². The van der Waals surface area contributed by atoms with Crippen molar-refractivity contribution in [3.05, 3.63) is 11.8 Å². The summed E-state index contributed by atoms with van der Waals surface area (Å²) in [5.41, 5.74) is 1.71. The molecule has 1 aromatic rings. The number of anilines is 2. The first-order valence-corrected chi connectivity index (χ1v) is 6.08. The van der Waals surface area contributed by atoms with Gasteiger partial charge in [-0.15, -0.1) is 0 Å². The van der Waals surface area contributed by atoms with Crippen LogP contribution in [-0.2, 0) is 0 Å². The Morgan fingerprint density at radius 1 is 1.18 bits per heavy atom. The molecule has 1 aliphatic carbocycles. The van der Waals surface area contributed by atoms with Crippen molar-refractivity contribution in [1.29, 1.82) is 0 Å². The number of hydrogen-bond donors (Lipinski definition) is 2. The van der Waals surface area contributed by atoms with Crippen LogP contribution in [0.25, 0.3) is 0 Å². The highest BCUT2D eigenvalue weighted by atomic mass is 15.2. The molecule has 0 saturated heterocycles. The fourth-order valence-electron chi connectivity index (χ4n) is 2.40. The van der Waals surface area contributed by atoms with Gasteiger partial charge >= 0.3 is 0 Å². The Kier molecular flexibility index (Phi) is 2.56. The molecule has 0 aliphatic heterocycles. The Labute approximate surface area is 103 Å². The van der Waals surface area contributed by atoms with Crippen LogP contribution in [0.4, 0.5) is 11.8 Å². The quantitative estimate of drug-likeness (QED) is 0.844. The summed E-state index contributed by atoms with van der Waals surface area (Å²) >= 11 is 0. The number of nitrogens with one attached hydrogen (secondary N) is 2. The van der Waals surface area contributed by atoms with Crippen LogP contribution in [-0.4, -0.2) is 23.1 Å². The van der Waals surface area contributed by atoms with E-state index in [9.17, 15) is 0 Å². The molecule has 2 N–H and O–H groups in total. The first-order chi connectivity index (χ1) is 7.80. The van der Waals surface area contributed by atoms with Gasteiger partial charge in [-0.1, -0.05) is 27.7 Å². The average Bonchev–Trinajstić information content (AvgIpc) is 2.64. The van der Waals surface area contributed by atoms with Crippen molar-refractivity contribution >= 4 is 11.8 Å². The molecular weight excluding hydrogens is 212 g/mol. The van der Waals surface area contributed by atoms with E-state index < -0.39 is 0 Å². The molecule has 0 radical (unpaired) electrons. The molecule has 1 aliphatic rings. The van der Waals surface area contributed by atoms with Gasteiger partial charge in [-0.3, -0.25) is 0 Å². The topological polar surface area (TPSA) is 49.8 Å². The Hall–Kier alpha value is -1.32. The molecule has 4 heteroatoms. The number of aryl methyl sites for hydroxylation is 1. The molecule has 0 unspecified atom stereocenters. The molecule has 1 aromatic heterocycles. The average molecular weight is 234 g/mol. The maximum atomic E-state index is 4.47. The molecule has 4 nitrogen and oxygen atoms in total. The summed E-state index contributed by atoms with van der Waals surface area (Å²) in [5.74, 6) is 1.60. The van der Waals surface area contributed by atoms with Gasteiger partial charge in [-0.05, 0) is 17.8 Å². The van der Waals surface area contributed by atoms with E-state index in [1.165, 1.54) is 0 Å². The first-order valence-electron chi connectivity index (χ1n) is 6.08. The molecule has 94 valence electrons. The Morgan fingerprint density at radius 3 is 2.24 bits per heavy atom. The lowest BCUT2D eigenvalue weighted by Crippen LogP contribution is -2.13. The van der Waals surface area contributed by atoms with Crippen molar-refractivity contribution in [3.63, 3.8) is 0 Å². The molecule has 1 heterocycles. The van der Waals surface area contributed by atoms with E-state index in [-0.39, 0.29) is 0 Å². The summed E-state index contributed by atoms with van der Waals surface area (Å²) in [4.78, 5) is 8.66. The number of rotatable bonds is 3. The molecule has 17 heavy (non-hydrogen) atoms. The third kappa shape index (κ3) is 1.75. The van der Waals surface area contributed by atoms with Crippen LogP contribution in [0.1, 0.15) is 33.3 Å². The Morgan fingerprint density at radius 2 is 1.76 bits per heavy atom. The molecule has 1 fully saturated rings. The van der Waals surface area contributed by atoms with Crippen LogP contribution in [0.3, 0.4) is 0 Å². The van der Waals surface area contributed by atoms with Gasteiger partial charge in [0.05, 0.1) is 0 Å². The molecule has 1 saturated carbocycles. The number of aromatic nitrogens is 2. The van der Waals surface area contributed by atoms with Crippen LogP contribution in [0.2, 0.25) is 0 Å². The Balaban J connectivity index is 2.21. The molecular formula is C13H22N4. The summed E-state index contributed by atoms with van der Waals surface area (Å²) in [6, 6.07) is 0.466. The molecule has 0 spiro atoms. The maximum absolute atomic E-state index is 4.47. The molecule has 0 amide bonds. The lowest BCUT2D eigenvalue weighted by molar-refractivity contribution is 0.457. The van der Waals surface area contributed by atoms with Gasteiger partial charge in [0.1, 0.15) is 5.82 Å². The minimum atomic E-state index is 0.310. The lowest BCUT2D eigenvalue weighted by atomic mass is 10.0. The van der Waals surface area contributed by atoms with Gasteiger partial charge in [0.25, 0.3) is 0 Å². The van der Waals surface area contributed by atoms with Crippen LogP contribution in [0.5, 0.6) is 0 Å². The molecule has 0 atom stereocenters. The zero-order valence-corrected chi connectivity index (χ0v) is 11.5. The standard InChI is InChI=1S/C13H22N4/c1-8-7-15-11(14-6)17-9(8)16-10-12(2,3)13(10,4)5/h7,10H,1-6H3,(H2,14,15,16,17). The second-order valence-electron chi connectivity index (χ2n) is 6.00. The van der Waals surface area contributed by atoms with Crippen molar-refractivity contribution in [2.75, 3.05) is 17.7 Å². The smallest absolute Gasteiger partial charge is 0.224 e. The minimum Gasteiger partial charge on any atom is -0.366 e.